The topological polar surface area (TPSA) is 53.4 Å². The average molecular weight is 248 g/mol. The van der Waals surface area contributed by atoms with Crippen LogP contribution in [0.1, 0.15) is 49.4 Å². The second kappa shape index (κ2) is 5.85. The van der Waals surface area contributed by atoms with Gasteiger partial charge in [0.25, 0.3) is 5.91 Å². The highest BCUT2D eigenvalue weighted by Crippen LogP contribution is 2.25. The quantitative estimate of drug-likeness (QED) is 0.894. The highest BCUT2D eigenvalue weighted by Gasteiger charge is 2.27. The normalized spacial score (nSPS) is 19.8. The Balaban J connectivity index is 2.18. The maximum absolute atomic E-state index is 12.4. The zero-order chi connectivity index (χ0) is 13.0. The van der Waals surface area contributed by atoms with Crippen LogP contribution in [-0.4, -0.2) is 33.5 Å². The molecule has 4 heteroatoms. The van der Waals surface area contributed by atoms with Crippen LogP contribution in [0.5, 0.6) is 5.75 Å². The number of likely N-dealkylation sites (tertiary alicyclic amines) is 1. The maximum atomic E-state index is 12.4. The fourth-order valence-electron chi connectivity index (χ4n) is 2.62. The number of carbonyl (C=O) groups is 1. The van der Waals surface area contributed by atoms with E-state index in [4.69, 9.17) is 0 Å². The first-order chi connectivity index (χ1) is 8.74. The molecule has 1 aliphatic rings. The van der Waals surface area contributed by atoms with Gasteiger partial charge in [-0.3, -0.25) is 9.78 Å². The van der Waals surface area contributed by atoms with Crippen molar-refractivity contribution in [2.75, 3.05) is 6.54 Å². The molecule has 0 spiro atoms. The van der Waals surface area contributed by atoms with Crippen LogP contribution in [0.15, 0.2) is 18.5 Å². The van der Waals surface area contributed by atoms with Gasteiger partial charge in [-0.2, -0.15) is 0 Å². The van der Waals surface area contributed by atoms with E-state index in [1.807, 2.05) is 4.90 Å². The molecule has 2 heterocycles. The van der Waals surface area contributed by atoms with Gasteiger partial charge in [0, 0.05) is 18.8 Å². The Labute approximate surface area is 108 Å². The van der Waals surface area contributed by atoms with Crippen molar-refractivity contribution in [3.8, 4) is 5.75 Å². The standard InChI is InChI=1S/C14H20N2O2/c1-2-5-11-6-3-4-9-16(11)14(18)12-7-8-15-10-13(12)17/h7-8,10-11,17H,2-6,9H2,1H3. The molecular weight excluding hydrogens is 228 g/mol. The van der Waals surface area contributed by atoms with Crippen molar-refractivity contribution in [1.82, 2.24) is 9.88 Å². The summed E-state index contributed by atoms with van der Waals surface area (Å²) >= 11 is 0. The summed E-state index contributed by atoms with van der Waals surface area (Å²) in [4.78, 5) is 18.2. The van der Waals surface area contributed by atoms with Crippen LogP contribution >= 0.6 is 0 Å². The fourth-order valence-corrected chi connectivity index (χ4v) is 2.62. The van der Waals surface area contributed by atoms with Gasteiger partial charge in [0.2, 0.25) is 0 Å². The summed E-state index contributed by atoms with van der Waals surface area (Å²) < 4.78 is 0. The van der Waals surface area contributed by atoms with Crippen molar-refractivity contribution in [3.05, 3.63) is 24.0 Å². The van der Waals surface area contributed by atoms with Crippen LogP contribution in [0.3, 0.4) is 0 Å². The molecule has 0 aliphatic carbocycles. The number of nitrogens with zero attached hydrogens (tertiary/aromatic N) is 2. The fraction of sp³-hybridized carbons (Fsp3) is 0.571. The van der Waals surface area contributed by atoms with Crippen molar-refractivity contribution in [1.29, 1.82) is 0 Å². The lowest BCUT2D eigenvalue weighted by molar-refractivity contribution is 0.0597. The van der Waals surface area contributed by atoms with Crippen LogP contribution in [0.25, 0.3) is 0 Å². The number of pyridine rings is 1. The van der Waals surface area contributed by atoms with E-state index >= 15 is 0 Å². The second-order valence-corrected chi connectivity index (χ2v) is 4.83. The number of hydrogen-bond acceptors (Lipinski definition) is 3. The Morgan fingerprint density at radius 1 is 1.56 bits per heavy atom. The first-order valence-corrected chi connectivity index (χ1v) is 6.68. The number of aromatic nitrogens is 1. The summed E-state index contributed by atoms with van der Waals surface area (Å²) in [5.41, 5.74) is 0.369. The first kappa shape index (κ1) is 12.9. The Bertz CT molecular complexity index is 418. The molecule has 1 saturated heterocycles. The van der Waals surface area contributed by atoms with Crippen LogP contribution in [0, 0.1) is 0 Å². The molecule has 1 amide bonds. The van der Waals surface area contributed by atoms with E-state index in [2.05, 4.69) is 11.9 Å². The van der Waals surface area contributed by atoms with Crippen molar-refractivity contribution in [2.45, 2.75) is 45.1 Å². The van der Waals surface area contributed by atoms with Gasteiger partial charge in [0.1, 0.15) is 5.75 Å². The smallest absolute Gasteiger partial charge is 0.257 e. The van der Waals surface area contributed by atoms with Crippen molar-refractivity contribution in [2.24, 2.45) is 0 Å². The van der Waals surface area contributed by atoms with Gasteiger partial charge in [-0.05, 0) is 31.7 Å². The predicted molar refractivity (Wildman–Crippen MR) is 69.5 cm³/mol. The minimum atomic E-state index is -0.0620. The van der Waals surface area contributed by atoms with Gasteiger partial charge in [0.05, 0.1) is 11.8 Å². The average Bonchev–Trinajstić information content (AvgIpc) is 2.40. The van der Waals surface area contributed by atoms with Crippen molar-refractivity contribution < 1.29 is 9.90 Å². The summed E-state index contributed by atoms with van der Waals surface area (Å²) in [6.07, 6.45) is 8.31. The molecule has 1 unspecified atom stereocenters. The zero-order valence-corrected chi connectivity index (χ0v) is 10.8. The molecule has 98 valence electrons. The molecule has 1 atom stereocenters. The highest BCUT2D eigenvalue weighted by molar-refractivity contribution is 5.96. The number of carbonyl (C=O) groups excluding carboxylic acids is 1. The minimum absolute atomic E-state index is 0.0247. The van der Waals surface area contributed by atoms with E-state index in [9.17, 15) is 9.90 Å². The van der Waals surface area contributed by atoms with E-state index < -0.39 is 0 Å². The van der Waals surface area contributed by atoms with Gasteiger partial charge in [-0.15, -0.1) is 0 Å². The largest absolute Gasteiger partial charge is 0.505 e. The molecule has 0 radical (unpaired) electrons. The Hall–Kier alpha value is -1.58. The monoisotopic (exact) mass is 248 g/mol. The molecule has 4 nitrogen and oxygen atoms in total. The SMILES string of the molecule is CCCC1CCCCN1C(=O)c1ccncc1O. The van der Waals surface area contributed by atoms with Crippen LogP contribution in [-0.2, 0) is 0 Å². The van der Waals surface area contributed by atoms with E-state index in [1.165, 1.54) is 12.6 Å². The van der Waals surface area contributed by atoms with Crippen LogP contribution in [0.4, 0.5) is 0 Å². The summed E-state index contributed by atoms with van der Waals surface area (Å²) in [6.45, 7) is 2.94. The van der Waals surface area contributed by atoms with Gasteiger partial charge in [0.15, 0.2) is 0 Å². The van der Waals surface area contributed by atoms with Crippen LogP contribution < -0.4 is 0 Å². The van der Waals surface area contributed by atoms with E-state index in [1.54, 1.807) is 12.3 Å². The number of hydrogen-bond donors (Lipinski definition) is 1. The lowest BCUT2D eigenvalue weighted by atomic mass is 9.97. The highest BCUT2D eigenvalue weighted by atomic mass is 16.3. The van der Waals surface area contributed by atoms with Gasteiger partial charge in [-0.1, -0.05) is 13.3 Å². The Morgan fingerprint density at radius 2 is 2.39 bits per heavy atom. The minimum Gasteiger partial charge on any atom is -0.505 e. The van der Waals surface area contributed by atoms with Crippen molar-refractivity contribution in [3.63, 3.8) is 0 Å². The summed E-state index contributed by atoms with van der Waals surface area (Å²) in [5.74, 6) is -0.0867. The molecule has 1 fully saturated rings. The maximum Gasteiger partial charge on any atom is 0.257 e. The third kappa shape index (κ3) is 2.63. The molecule has 2 rings (SSSR count). The van der Waals surface area contributed by atoms with E-state index in [0.717, 1.165) is 32.2 Å². The lowest BCUT2D eigenvalue weighted by Gasteiger charge is -2.35. The molecule has 1 N–H and O–H groups in total. The van der Waals surface area contributed by atoms with Crippen molar-refractivity contribution >= 4 is 5.91 Å². The van der Waals surface area contributed by atoms with Gasteiger partial charge in [-0.25, -0.2) is 0 Å². The molecule has 1 aromatic rings. The van der Waals surface area contributed by atoms with E-state index in [0.29, 0.717) is 11.6 Å². The van der Waals surface area contributed by atoms with Gasteiger partial charge >= 0.3 is 0 Å². The number of amides is 1. The molecule has 0 saturated carbocycles. The van der Waals surface area contributed by atoms with E-state index in [-0.39, 0.29) is 11.7 Å². The number of aromatic hydroxyl groups is 1. The van der Waals surface area contributed by atoms with Crippen LogP contribution in [0.2, 0.25) is 0 Å². The second-order valence-electron chi connectivity index (χ2n) is 4.83. The first-order valence-electron chi connectivity index (χ1n) is 6.68. The summed E-state index contributed by atoms with van der Waals surface area (Å²) in [6, 6.07) is 1.92. The molecule has 0 aromatic carbocycles. The summed E-state index contributed by atoms with van der Waals surface area (Å²) in [7, 11) is 0. The lowest BCUT2D eigenvalue weighted by Crippen LogP contribution is -2.43. The zero-order valence-electron chi connectivity index (χ0n) is 10.8. The molecule has 0 bridgehead atoms. The Morgan fingerprint density at radius 3 is 3.11 bits per heavy atom. The third-order valence-electron chi connectivity index (χ3n) is 3.54. The third-order valence-corrected chi connectivity index (χ3v) is 3.54. The van der Waals surface area contributed by atoms with Gasteiger partial charge < -0.3 is 10.0 Å². The summed E-state index contributed by atoms with van der Waals surface area (Å²) in [5, 5.41) is 9.72. The number of piperidine rings is 1. The molecule has 1 aromatic heterocycles. The molecule has 1 aliphatic heterocycles. The molecule has 18 heavy (non-hydrogen) atoms. The predicted octanol–water partition coefficient (Wildman–Crippen LogP) is 2.58. The molecular formula is C14H20N2O2. The number of rotatable bonds is 3. The Kier molecular flexibility index (Phi) is 4.18.